The maximum absolute atomic E-state index is 12.5. The molecule has 0 aliphatic carbocycles. The van der Waals surface area contributed by atoms with E-state index in [4.69, 9.17) is 17.3 Å². The Hall–Kier alpha value is -1.54. The zero-order chi connectivity index (χ0) is 15.4. The smallest absolute Gasteiger partial charge is 0.253 e. The first kappa shape index (κ1) is 15.8. The van der Waals surface area contributed by atoms with Gasteiger partial charge in [0.1, 0.15) is 0 Å². The summed E-state index contributed by atoms with van der Waals surface area (Å²) >= 11 is 6.17. The summed E-state index contributed by atoms with van der Waals surface area (Å²) in [5.41, 5.74) is 6.65. The highest BCUT2D eigenvalue weighted by atomic mass is 35.5. The van der Waals surface area contributed by atoms with Crippen LogP contribution in [-0.4, -0.2) is 55.5 Å². The van der Waals surface area contributed by atoms with Crippen molar-refractivity contribution < 1.29 is 4.79 Å². The molecular weight excluding hydrogens is 286 g/mol. The topological polar surface area (TPSA) is 49.6 Å². The molecule has 0 bridgehead atoms. The van der Waals surface area contributed by atoms with Crippen LogP contribution in [0.5, 0.6) is 0 Å². The molecule has 0 spiro atoms. The minimum Gasteiger partial charge on any atom is -0.337 e. The van der Waals surface area contributed by atoms with Crippen molar-refractivity contribution in [2.24, 2.45) is 5.73 Å². The maximum Gasteiger partial charge on any atom is 0.253 e. The van der Waals surface area contributed by atoms with Gasteiger partial charge in [-0.05, 0) is 38.7 Å². The van der Waals surface area contributed by atoms with Crippen LogP contribution >= 0.6 is 11.6 Å². The van der Waals surface area contributed by atoms with Gasteiger partial charge >= 0.3 is 0 Å². The Morgan fingerprint density at radius 3 is 2.86 bits per heavy atom. The molecular formula is C16H20ClN3O. The number of hydrogen-bond acceptors (Lipinski definition) is 3. The van der Waals surface area contributed by atoms with E-state index in [1.807, 2.05) is 19.0 Å². The average Bonchev–Trinajstić information content (AvgIpc) is 2.95. The van der Waals surface area contributed by atoms with Gasteiger partial charge in [0, 0.05) is 30.3 Å². The van der Waals surface area contributed by atoms with Crippen LogP contribution in [0.15, 0.2) is 18.2 Å². The summed E-state index contributed by atoms with van der Waals surface area (Å²) in [6, 6.07) is 5.67. The predicted molar refractivity (Wildman–Crippen MR) is 85.4 cm³/mol. The first-order valence-corrected chi connectivity index (χ1v) is 7.35. The molecule has 2 N–H and O–H groups in total. The Labute approximate surface area is 130 Å². The molecule has 1 aromatic carbocycles. The van der Waals surface area contributed by atoms with Crippen LogP contribution in [0.4, 0.5) is 0 Å². The lowest BCUT2D eigenvalue weighted by molar-refractivity contribution is 0.0783. The van der Waals surface area contributed by atoms with Crippen molar-refractivity contribution in [1.82, 2.24) is 9.80 Å². The molecule has 1 aliphatic rings. The van der Waals surface area contributed by atoms with Crippen molar-refractivity contribution in [1.29, 1.82) is 0 Å². The highest BCUT2D eigenvalue weighted by molar-refractivity contribution is 6.32. The third kappa shape index (κ3) is 3.76. The molecule has 4 nitrogen and oxygen atoms in total. The van der Waals surface area contributed by atoms with E-state index in [0.717, 1.165) is 19.5 Å². The van der Waals surface area contributed by atoms with Gasteiger partial charge in [-0.25, -0.2) is 0 Å². The molecule has 1 aliphatic heterocycles. The lowest BCUT2D eigenvalue weighted by Gasteiger charge is -2.20. The van der Waals surface area contributed by atoms with Crippen molar-refractivity contribution in [3.63, 3.8) is 0 Å². The molecule has 112 valence electrons. The molecule has 1 aromatic rings. The van der Waals surface area contributed by atoms with Crippen molar-refractivity contribution in [2.75, 3.05) is 33.7 Å². The molecule has 0 radical (unpaired) electrons. The van der Waals surface area contributed by atoms with Crippen LogP contribution in [0, 0.1) is 11.8 Å². The number of halogens is 1. The van der Waals surface area contributed by atoms with Gasteiger partial charge in [0.05, 0.1) is 11.6 Å². The number of nitrogens with two attached hydrogens (primary N) is 1. The van der Waals surface area contributed by atoms with Crippen molar-refractivity contribution >= 4 is 17.5 Å². The molecule has 1 heterocycles. The Morgan fingerprint density at radius 1 is 1.52 bits per heavy atom. The standard InChI is InChI=1S/C16H20ClN3O/c1-19(2)14-7-9-20(11-14)16(21)13-6-5-12(4-3-8-18)15(17)10-13/h5-6,10,14H,7-9,11,18H2,1-2H3. The number of likely N-dealkylation sites (tertiary alicyclic amines) is 1. The van der Waals surface area contributed by atoms with E-state index < -0.39 is 0 Å². The number of amides is 1. The van der Waals surface area contributed by atoms with Crippen molar-refractivity contribution in [3.05, 3.63) is 34.3 Å². The number of nitrogens with zero attached hydrogens (tertiary/aromatic N) is 2. The van der Waals surface area contributed by atoms with E-state index >= 15 is 0 Å². The van der Waals surface area contributed by atoms with Crippen LogP contribution in [0.2, 0.25) is 5.02 Å². The van der Waals surface area contributed by atoms with E-state index in [9.17, 15) is 4.79 Å². The number of benzene rings is 1. The molecule has 2 rings (SSSR count). The van der Waals surface area contributed by atoms with E-state index in [1.165, 1.54) is 0 Å². The summed E-state index contributed by atoms with van der Waals surface area (Å²) in [5.74, 6) is 5.68. The van der Waals surface area contributed by atoms with Crippen LogP contribution < -0.4 is 5.73 Å². The molecule has 1 unspecified atom stereocenters. The summed E-state index contributed by atoms with van der Waals surface area (Å²) in [6.07, 6.45) is 1.01. The molecule has 0 saturated carbocycles. The lowest BCUT2D eigenvalue weighted by Crippen LogP contribution is -2.34. The zero-order valence-electron chi connectivity index (χ0n) is 12.4. The lowest BCUT2D eigenvalue weighted by atomic mass is 10.1. The summed E-state index contributed by atoms with van der Waals surface area (Å²) in [6.45, 7) is 1.84. The second-order valence-corrected chi connectivity index (χ2v) is 5.77. The predicted octanol–water partition coefficient (Wildman–Crippen LogP) is 1.43. The Morgan fingerprint density at radius 2 is 2.29 bits per heavy atom. The number of hydrogen-bond donors (Lipinski definition) is 1. The molecule has 1 amide bonds. The van der Waals surface area contributed by atoms with E-state index in [0.29, 0.717) is 22.2 Å². The zero-order valence-corrected chi connectivity index (χ0v) is 13.2. The second kappa shape index (κ2) is 6.95. The minimum absolute atomic E-state index is 0.0274. The Bertz CT molecular complexity index is 589. The van der Waals surface area contributed by atoms with Crippen LogP contribution in [0.1, 0.15) is 22.3 Å². The van der Waals surface area contributed by atoms with E-state index in [2.05, 4.69) is 16.7 Å². The van der Waals surface area contributed by atoms with Crippen molar-refractivity contribution in [2.45, 2.75) is 12.5 Å². The summed E-state index contributed by atoms with van der Waals surface area (Å²) in [5, 5.41) is 0.491. The van der Waals surface area contributed by atoms with Gasteiger partial charge in [-0.15, -0.1) is 0 Å². The van der Waals surface area contributed by atoms with Gasteiger partial charge in [0.15, 0.2) is 0 Å². The third-order valence-electron chi connectivity index (χ3n) is 3.72. The fourth-order valence-corrected chi connectivity index (χ4v) is 2.65. The molecule has 1 fully saturated rings. The average molecular weight is 306 g/mol. The normalized spacial score (nSPS) is 17.8. The van der Waals surface area contributed by atoms with Gasteiger partial charge in [-0.1, -0.05) is 23.4 Å². The van der Waals surface area contributed by atoms with Gasteiger partial charge in [-0.3, -0.25) is 4.79 Å². The van der Waals surface area contributed by atoms with E-state index in [1.54, 1.807) is 18.2 Å². The first-order valence-electron chi connectivity index (χ1n) is 6.97. The fraction of sp³-hybridized carbons (Fsp3) is 0.438. The quantitative estimate of drug-likeness (QED) is 0.841. The van der Waals surface area contributed by atoms with Crippen LogP contribution in [0.25, 0.3) is 0 Å². The van der Waals surface area contributed by atoms with Gasteiger partial charge < -0.3 is 15.5 Å². The fourth-order valence-electron chi connectivity index (χ4n) is 2.43. The molecule has 1 saturated heterocycles. The summed E-state index contributed by atoms with van der Waals surface area (Å²) in [4.78, 5) is 16.5. The molecule has 21 heavy (non-hydrogen) atoms. The second-order valence-electron chi connectivity index (χ2n) is 5.36. The number of rotatable bonds is 2. The summed E-state index contributed by atoms with van der Waals surface area (Å²) < 4.78 is 0. The van der Waals surface area contributed by atoms with E-state index in [-0.39, 0.29) is 12.5 Å². The van der Waals surface area contributed by atoms with Gasteiger partial charge in [-0.2, -0.15) is 0 Å². The molecule has 1 atom stereocenters. The monoisotopic (exact) mass is 305 g/mol. The molecule has 5 heteroatoms. The Balaban J connectivity index is 2.12. The first-order chi connectivity index (χ1) is 10.0. The van der Waals surface area contributed by atoms with Crippen molar-refractivity contribution in [3.8, 4) is 11.8 Å². The SMILES string of the molecule is CN(C)C1CCN(C(=O)c2ccc(C#CCN)c(Cl)c2)C1. The number of carbonyl (C=O) groups is 1. The van der Waals surface area contributed by atoms with Crippen LogP contribution in [-0.2, 0) is 0 Å². The van der Waals surface area contributed by atoms with Crippen LogP contribution in [0.3, 0.4) is 0 Å². The van der Waals surface area contributed by atoms with Gasteiger partial charge in [0.2, 0.25) is 0 Å². The van der Waals surface area contributed by atoms with Gasteiger partial charge in [0.25, 0.3) is 5.91 Å². The third-order valence-corrected chi connectivity index (χ3v) is 4.03. The summed E-state index contributed by atoms with van der Waals surface area (Å²) in [7, 11) is 4.08. The maximum atomic E-state index is 12.5. The number of likely N-dealkylation sites (N-methyl/N-ethyl adjacent to an activating group) is 1. The minimum atomic E-state index is 0.0274. The Kier molecular flexibility index (Phi) is 5.24. The molecule has 0 aromatic heterocycles. The largest absolute Gasteiger partial charge is 0.337 e. The highest BCUT2D eigenvalue weighted by Gasteiger charge is 2.28. The highest BCUT2D eigenvalue weighted by Crippen LogP contribution is 2.21. The number of carbonyl (C=O) groups excluding carboxylic acids is 1.